The van der Waals surface area contributed by atoms with E-state index in [9.17, 15) is 0 Å². The average Bonchev–Trinajstić information content (AvgIpc) is 3.06. The van der Waals surface area contributed by atoms with Gasteiger partial charge in [-0.15, -0.1) is 0 Å². The second kappa shape index (κ2) is 17.1. The Labute approximate surface area is 256 Å². The Bertz CT molecular complexity index is 1180. The first-order valence-corrected chi connectivity index (χ1v) is 18.9. The Balaban J connectivity index is 0.000000174. The van der Waals surface area contributed by atoms with Gasteiger partial charge in [0.2, 0.25) is 0 Å². The summed E-state index contributed by atoms with van der Waals surface area (Å²) in [5.41, 5.74) is 0. The summed E-state index contributed by atoms with van der Waals surface area (Å²) in [5.74, 6) is 0. The Morgan fingerprint density at radius 2 is 0.375 bits per heavy atom. The summed E-state index contributed by atoms with van der Waals surface area (Å²) in [6, 6.07) is 65.0. The molecule has 0 nitrogen and oxygen atoms in total. The summed E-state index contributed by atoms with van der Waals surface area (Å²) in [5, 5.41) is 8.61. The van der Waals surface area contributed by atoms with Crippen LogP contribution in [0.2, 0.25) is 0 Å². The zero-order valence-electron chi connectivity index (χ0n) is 22.0. The van der Waals surface area contributed by atoms with Crippen LogP contribution in [0.25, 0.3) is 0 Å². The van der Waals surface area contributed by atoms with Gasteiger partial charge in [0.05, 0.1) is 15.8 Å². The minimum atomic E-state index is -0.877. The van der Waals surface area contributed by atoms with E-state index >= 15 is 0 Å². The van der Waals surface area contributed by atoms with Crippen molar-refractivity contribution < 1.29 is 18.8 Å². The molecule has 0 aliphatic rings. The van der Waals surface area contributed by atoms with Gasteiger partial charge in [0.15, 0.2) is 0 Å². The molecule has 0 N–H and O–H groups in total. The minimum absolute atomic E-state index is 0.877. The van der Waals surface area contributed by atoms with Gasteiger partial charge in [-0.3, -0.25) is 0 Å². The SMILES string of the molecule is [Cl][Pt].c1ccc([PH+](c2ccccc2)c2ccccc2)cc1.c1ccc([PH+](c2ccccc2)c2ccccc2)cc1. The quantitative estimate of drug-likeness (QED) is 0.160. The van der Waals surface area contributed by atoms with E-state index in [4.69, 9.17) is 0 Å². The molecule has 0 saturated carbocycles. The molecule has 0 fully saturated rings. The minimum Gasteiger partial charge on any atom is -0.0620 e. The van der Waals surface area contributed by atoms with Crippen LogP contribution >= 0.6 is 25.3 Å². The monoisotopic (exact) mass is 756 g/mol. The van der Waals surface area contributed by atoms with Gasteiger partial charge in [-0.2, -0.15) is 0 Å². The molecule has 0 heterocycles. The normalized spacial score (nSPS) is 10.2. The van der Waals surface area contributed by atoms with Crippen LogP contribution < -0.4 is 31.8 Å². The molecule has 0 atom stereocenters. The predicted octanol–water partition coefficient (Wildman–Crippen LogP) is 7.04. The van der Waals surface area contributed by atoms with Crippen molar-refractivity contribution in [1.29, 1.82) is 0 Å². The first-order valence-electron chi connectivity index (χ1n) is 13.1. The molecule has 0 saturated heterocycles. The van der Waals surface area contributed by atoms with Crippen molar-refractivity contribution in [3.8, 4) is 0 Å². The topological polar surface area (TPSA) is 0 Å². The molecule has 0 bridgehead atoms. The molecule has 0 aliphatic carbocycles. The molecule has 6 aromatic rings. The molecule has 201 valence electrons. The van der Waals surface area contributed by atoms with Gasteiger partial charge in [-0.25, -0.2) is 0 Å². The standard InChI is InChI=1S/2C18H15P.ClH.Pt/c2*1-4-10-16(11-5-1)19(17-12-6-2-7-13-17)18-14-8-3-9-15-18;;/h2*1-15H;1H;/q;;;+1/p+1. The Kier molecular flexibility index (Phi) is 12.9. The van der Waals surface area contributed by atoms with Crippen molar-refractivity contribution in [3.63, 3.8) is 0 Å². The molecular formula is C36H32ClP2Pt+2. The van der Waals surface area contributed by atoms with Crippen molar-refractivity contribution in [2.24, 2.45) is 0 Å². The van der Waals surface area contributed by atoms with E-state index in [1.165, 1.54) is 31.8 Å². The number of rotatable bonds is 6. The van der Waals surface area contributed by atoms with Crippen LogP contribution in [0.1, 0.15) is 0 Å². The van der Waals surface area contributed by atoms with E-state index in [0.717, 1.165) is 0 Å². The van der Waals surface area contributed by atoms with Crippen molar-refractivity contribution in [1.82, 2.24) is 0 Å². The van der Waals surface area contributed by atoms with Gasteiger partial charge in [-0.1, -0.05) is 109 Å². The van der Waals surface area contributed by atoms with Crippen molar-refractivity contribution in [2.75, 3.05) is 0 Å². The molecule has 0 amide bonds. The van der Waals surface area contributed by atoms with Crippen LogP contribution in [0, 0.1) is 0 Å². The summed E-state index contributed by atoms with van der Waals surface area (Å²) >= 11 is 1.61. The molecule has 0 spiro atoms. The molecule has 6 aromatic carbocycles. The molecule has 0 aliphatic heterocycles. The zero-order valence-corrected chi connectivity index (χ0v) is 27.0. The largest absolute Gasteiger partial charge is 0.102 e. The number of halogens is 1. The second-order valence-corrected chi connectivity index (χ2v) is 13.9. The van der Waals surface area contributed by atoms with Crippen LogP contribution in [0.4, 0.5) is 0 Å². The molecule has 4 heteroatoms. The first kappa shape index (κ1) is 30.1. The van der Waals surface area contributed by atoms with Gasteiger partial charge in [-0.05, 0) is 72.8 Å². The number of benzene rings is 6. The fourth-order valence-corrected chi connectivity index (χ4v) is 9.78. The summed E-state index contributed by atoms with van der Waals surface area (Å²) in [4.78, 5) is 0. The molecule has 40 heavy (non-hydrogen) atoms. The maximum Gasteiger partial charge on any atom is 0.102 e. The summed E-state index contributed by atoms with van der Waals surface area (Å²) in [6.07, 6.45) is 0. The third-order valence-electron chi connectivity index (χ3n) is 6.37. The van der Waals surface area contributed by atoms with Crippen molar-refractivity contribution in [3.05, 3.63) is 182 Å². The molecule has 0 unspecified atom stereocenters. The van der Waals surface area contributed by atoms with Gasteiger partial charge in [0.25, 0.3) is 0 Å². The van der Waals surface area contributed by atoms with Gasteiger partial charge in [0, 0.05) is 0 Å². The van der Waals surface area contributed by atoms with E-state index in [2.05, 4.69) is 191 Å². The van der Waals surface area contributed by atoms with Crippen molar-refractivity contribution >= 4 is 57.1 Å². The number of hydrogen-bond donors (Lipinski definition) is 0. The van der Waals surface area contributed by atoms with Crippen LogP contribution in [0.3, 0.4) is 0 Å². The van der Waals surface area contributed by atoms with E-state index in [1.54, 1.807) is 18.8 Å². The maximum absolute atomic E-state index is 4.61. The van der Waals surface area contributed by atoms with E-state index in [-0.39, 0.29) is 0 Å². The Morgan fingerprint density at radius 3 is 0.500 bits per heavy atom. The summed E-state index contributed by atoms with van der Waals surface area (Å²) in [7, 11) is 2.86. The van der Waals surface area contributed by atoms with Gasteiger partial charge >= 0.3 is 28.2 Å². The molecular weight excluding hydrogens is 725 g/mol. The summed E-state index contributed by atoms with van der Waals surface area (Å²) in [6.45, 7) is 0. The average molecular weight is 757 g/mol. The van der Waals surface area contributed by atoms with Crippen LogP contribution in [-0.2, 0) is 18.8 Å². The summed E-state index contributed by atoms with van der Waals surface area (Å²) < 4.78 is 0. The zero-order chi connectivity index (χ0) is 27.8. The third kappa shape index (κ3) is 8.58. The first-order chi connectivity index (χ1) is 19.9. The van der Waals surface area contributed by atoms with Gasteiger partial charge in [0.1, 0.15) is 31.8 Å². The van der Waals surface area contributed by atoms with Crippen LogP contribution in [0.5, 0.6) is 0 Å². The third-order valence-corrected chi connectivity index (χ3v) is 11.8. The van der Waals surface area contributed by atoms with E-state index < -0.39 is 15.8 Å². The molecule has 0 radical (unpaired) electrons. The second-order valence-electron chi connectivity index (χ2n) is 8.95. The van der Waals surface area contributed by atoms with Gasteiger partial charge < -0.3 is 0 Å². The van der Waals surface area contributed by atoms with Crippen LogP contribution in [0.15, 0.2) is 182 Å². The number of hydrogen-bond acceptors (Lipinski definition) is 0. The maximum atomic E-state index is 4.61. The Hall–Kier alpha value is -2.84. The predicted molar refractivity (Wildman–Crippen MR) is 179 cm³/mol. The molecule has 0 aromatic heterocycles. The Morgan fingerprint density at radius 1 is 0.250 bits per heavy atom. The smallest absolute Gasteiger partial charge is 0.0620 e. The van der Waals surface area contributed by atoms with Crippen LogP contribution in [-0.4, -0.2) is 0 Å². The van der Waals surface area contributed by atoms with E-state index in [1.807, 2.05) is 0 Å². The van der Waals surface area contributed by atoms with Crippen molar-refractivity contribution in [2.45, 2.75) is 0 Å². The van der Waals surface area contributed by atoms with E-state index in [0.29, 0.717) is 0 Å². The molecule has 6 rings (SSSR count). The fraction of sp³-hybridized carbons (Fsp3) is 0. The fourth-order valence-electron chi connectivity index (χ4n) is 4.63.